The second-order valence-corrected chi connectivity index (χ2v) is 4.48. The first-order valence-corrected chi connectivity index (χ1v) is 5.15. The van der Waals surface area contributed by atoms with Crippen molar-refractivity contribution in [1.82, 2.24) is 0 Å². The van der Waals surface area contributed by atoms with Crippen molar-refractivity contribution in [3.63, 3.8) is 0 Å². The monoisotopic (exact) mass is 169 g/mol. The van der Waals surface area contributed by atoms with E-state index < -0.39 is 0 Å². The molecule has 2 N–H and O–H groups in total. The largest absolute Gasteiger partial charge is 0.381 e. The molecule has 0 unspecified atom stereocenters. The molecular weight excluding hydrogens is 150 g/mol. The summed E-state index contributed by atoms with van der Waals surface area (Å²) in [5, 5.41) is 0. The lowest BCUT2D eigenvalue weighted by molar-refractivity contribution is 0.0382. The first kappa shape index (κ1) is 8.52. The number of hydrogen-bond acceptors (Lipinski definition) is 2. The molecule has 0 amide bonds. The van der Waals surface area contributed by atoms with Crippen molar-refractivity contribution in [3.05, 3.63) is 0 Å². The van der Waals surface area contributed by atoms with E-state index in [1.807, 2.05) is 0 Å². The minimum Gasteiger partial charge on any atom is -0.381 e. The second kappa shape index (κ2) is 3.35. The Kier molecular flexibility index (Phi) is 2.37. The van der Waals surface area contributed by atoms with E-state index in [1.165, 1.54) is 25.7 Å². The molecule has 0 spiro atoms. The van der Waals surface area contributed by atoms with Gasteiger partial charge < -0.3 is 10.5 Å². The Bertz CT molecular complexity index is 148. The van der Waals surface area contributed by atoms with Crippen LogP contribution in [0.2, 0.25) is 0 Å². The quantitative estimate of drug-likeness (QED) is 0.682. The van der Waals surface area contributed by atoms with E-state index >= 15 is 0 Å². The first-order valence-electron chi connectivity index (χ1n) is 5.15. The van der Waals surface area contributed by atoms with E-state index in [0.717, 1.165) is 32.0 Å². The molecule has 0 aromatic heterocycles. The number of hydrogen-bond donors (Lipinski definition) is 1. The van der Waals surface area contributed by atoms with Gasteiger partial charge in [-0.3, -0.25) is 0 Å². The Hall–Kier alpha value is -0.0800. The Morgan fingerprint density at radius 1 is 1.25 bits per heavy atom. The van der Waals surface area contributed by atoms with Crippen molar-refractivity contribution in [2.45, 2.75) is 44.1 Å². The van der Waals surface area contributed by atoms with Crippen molar-refractivity contribution in [2.24, 2.45) is 11.7 Å². The summed E-state index contributed by atoms with van der Waals surface area (Å²) in [6.07, 6.45) is 7.65. The van der Waals surface area contributed by atoms with Crippen LogP contribution < -0.4 is 5.73 Å². The van der Waals surface area contributed by atoms with E-state index in [4.69, 9.17) is 10.5 Å². The normalized spacial score (nSPS) is 29.8. The van der Waals surface area contributed by atoms with Crippen LogP contribution in [0.25, 0.3) is 0 Å². The van der Waals surface area contributed by atoms with E-state index in [-0.39, 0.29) is 5.54 Å². The maximum Gasteiger partial charge on any atom is 0.0483 e. The Labute approximate surface area is 74.5 Å². The highest BCUT2D eigenvalue weighted by molar-refractivity contribution is 4.90. The van der Waals surface area contributed by atoms with Gasteiger partial charge in [-0.05, 0) is 25.2 Å². The smallest absolute Gasteiger partial charge is 0.0483 e. The summed E-state index contributed by atoms with van der Waals surface area (Å²) in [7, 11) is 0. The van der Waals surface area contributed by atoms with Crippen molar-refractivity contribution in [1.29, 1.82) is 0 Å². The van der Waals surface area contributed by atoms with Gasteiger partial charge in [-0.2, -0.15) is 0 Å². The molecule has 2 nitrogen and oxygen atoms in total. The minimum absolute atomic E-state index is 0.128. The van der Waals surface area contributed by atoms with Gasteiger partial charge in [-0.1, -0.05) is 19.3 Å². The Balaban J connectivity index is 1.81. The average molecular weight is 169 g/mol. The van der Waals surface area contributed by atoms with Gasteiger partial charge in [0.15, 0.2) is 0 Å². The lowest BCUT2D eigenvalue weighted by Crippen LogP contribution is -2.47. The maximum absolute atomic E-state index is 6.29. The SMILES string of the molecule is NC1(CC2CCC2)CCOCC1. The van der Waals surface area contributed by atoms with Crippen molar-refractivity contribution in [3.8, 4) is 0 Å². The molecule has 1 aliphatic heterocycles. The topological polar surface area (TPSA) is 35.2 Å². The molecule has 70 valence electrons. The van der Waals surface area contributed by atoms with Crippen LogP contribution in [0.15, 0.2) is 0 Å². The van der Waals surface area contributed by atoms with Gasteiger partial charge in [0.25, 0.3) is 0 Å². The van der Waals surface area contributed by atoms with Crippen molar-refractivity contribution in [2.75, 3.05) is 13.2 Å². The fraction of sp³-hybridized carbons (Fsp3) is 1.00. The molecule has 1 saturated carbocycles. The molecule has 12 heavy (non-hydrogen) atoms. The molecule has 0 aromatic carbocycles. The Morgan fingerprint density at radius 3 is 2.42 bits per heavy atom. The fourth-order valence-corrected chi connectivity index (χ4v) is 2.25. The van der Waals surface area contributed by atoms with Gasteiger partial charge in [0.05, 0.1) is 0 Å². The lowest BCUT2D eigenvalue weighted by Gasteiger charge is -2.39. The Morgan fingerprint density at radius 2 is 1.92 bits per heavy atom. The summed E-state index contributed by atoms with van der Waals surface area (Å²) in [6.45, 7) is 1.76. The van der Waals surface area contributed by atoms with Gasteiger partial charge in [0.2, 0.25) is 0 Å². The standard InChI is InChI=1S/C10H19NO/c11-10(4-6-12-7-5-10)8-9-2-1-3-9/h9H,1-8,11H2. The molecule has 0 radical (unpaired) electrons. The van der Waals surface area contributed by atoms with Gasteiger partial charge >= 0.3 is 0 Å². The zero-order valence-electron chi connectivity index (χ0n) is 7.72. The lowest BCUT2D eigenvalue weighted by atomic mass is 9.74. The molecule has 0 atom stereocenters. The van der Waals surface area contributed by atoms with Crippen LogP contribution in [0.5, 0.6) is 0 Å². The summed E-state index contributed by atoms with van der Waals surface area (Å²) in [5.41, 5.74) is 6.42. The highest BCUT2D eigenvalue weighted by atomic mass is 16.5. The van der Waals surface area contributed by atoms with Gasteiger partial charge in [-0.15, -0.1) is 0 Å². The van der Waals surface area contributed by atoms with Gasteiger partial charge in [0, 0.05) is 18.8 Å². The van der Waals surface area contributed by atoms with E-state index in [2.05, 4.69) is 0 Å². The third kappa shape index (κ3) is 1.80. The van der Waals surface area contributed by atoms with E-state index in [0.29, 0.717) is 0 Å². The molecule has 1 aliphatic carbocycles. The van der Waals surface area contributed by atoms with Crippen LogP contribution in [-0.2, 0) is 4.74 Å². The first-order chi connectivity index (χ1) is 5.79. The summed E-state index contributed by atoms with van der Waals surface area (Å²) in [5.74, 6) is 0.938. The zero-order valence-corrected chi connectivity index (χ0v) is 7.72. The van der Waals surface area contributed by atoms with E-state index in [9.17, 15) is 0 Å². The third-order valence-electron chi connectivity index (χ3n) is 3.41. The number of ether oxygens (including phenoxy) is 1. The van der Waals surface area contributed by atoms with Crippen LogP contribution in [0, 0.1) is 5.92 Å². The zero-order chi connectivity index (χ0) is 8.44. The van der Waals surface area contributed by atoms with Crippen LogP contribution in [0.3, 0.4) is 0 Å². The average Bonchev–Trinajstić information content (AvgIpc) is 1.99. The van der Waals surface area contributed by atoms with Crippen molar-refractivity contribution >= 4 is 0 Å². The second-order valence-electron chi connectivity index (χ2n) is 4.48. The van der Waals surface area contributed by atoms with E-state index in [1.54, 1.807) is 0 Å². The van der Waals surface area contributed by atoms with Crippen LogP contribution in [0.1, 0.15) is 38.5 Å². The maximum atomic E-state index is 6.29. The molecule has 2 heteroatoms. The predicted molar refractivity (Wildman–Crippen MR) is 48.9 cm³/mol. The molecule has 2 rings (SSSR count). The van der Waals surface area contributed by atoms with Gasteiger partial charge in [0.1, 0.15) is 0 Å². The van der Waals surface area contributed by atoms with Crippen LogP contribution in [0.4, 0.5) is 0 Å². The summed E-state index contributed by atoms with van der Waals surface area (Å²) in [4.78, 5) is 0. The number of nitrogens with two attached hydrogens (primary N) is 1. The molecule has 2 aliphatic rings. The minimum atomic E-state index is 0.128. The summed E-state index contributed by atoms with van der Waals surface area (Å²) in [6, 6.07) is 0. The van der Waals surface area contributed by atoms with Gasteiger partial charge in [-0.25, -0.2) is 0 Å². The highest BCUT2D eigenvalue weighted by Gasteiger charge is 2.32. The van der Waals surface area contributed by atoms with Crippen molar-refractivity contribution < 1.29 is 4.74 Å². The predicted octanol–water partition coefficient (Wildman–Crippen LogP) is 1.68. The van der Waals surface area contributed by atoms with Crippen LogP contribution in [-0.4, -0.2) is 18.8 Å². The molecule has 1 saturated heterocycles. The highest BCUT2D eigenvalue weighted by Crippen LogP contribution is 2.36. The summed E-state index contributed by atoms with van der Waals surface area (Å²) < 4.78 is 5.32. The molecule has 0 bridgehead atoms. The number of rotatable bonds is 2. The molecular formula is C10H19NO. The van der Waals surface area contributed by atoms with Crippen LogP contribution >= 0.6 is 0 Å². The fourth-order valence-electron chi connectivity index (χ4n) is 2.25. The summed E-state index contributed by atoms with van der Waals surface area (Å²) >= 11 is 0. The molecule has 1 heterocycles. The molecule has 0 aromatic rings. The molecule has 2 fully saturated rings. The third-order valence-corrected chi connectivity index (χ3v) is 3.41.